The summed E-state index contributed by atoms with van der Waals surface area (Å²) in [7, 11) is 0. The quantitative estimate of drug-likeness (QED) is 0.452. The summed E-state index contributed by atoms with van der Waals surface area (Å²) >= 11 is 0. The van der Waals surface area contributed by atoms with E-state index in [1.165, 1.54) is 57.8 Å². The van der Waals surface area contributed by atoms with Crippen LogP contribution in [0.25, 0.3) is 0 Å². The number of amides is 2. The lowest BCUT2D eigenvalue weighted by Crippen LogP contribution is -2.48. The SMILES string of the molecule is CCCCC(CC)CNC(=O)C1C2C=CC(CCCCCCCCCCC2)C1C(N)=O. The van der Waals surface area contributed by atoms with Gasteiger partial charge in [-0.05, 0) is 37.0 Å². The first kappa shape index (κ1) is 25.9. The summed E-state index contributed by atoms with van der Waals surface area (Å²) in [6, 6.07) is 0. The molecular weight excluding hydrogens is 384 g/mol. The maximum Gasteiger partial charge on any atom is 0.224 e. The molecule has 3 aliphatic rings. The van der Waals surface area contributed by atoms with E-state index in [0.29, 0.717) is 5.92 Å². The van der Waals surface area contributed by atoms with E-state index in [0.717, 1.165) is 45.1 Å². The molecule has 0 aliphatic heterocycles. The first-order valence-electron chi connectivity index (χ1n) is 13.3. The molecule has 4 nitrogen and oxygen atoms in total. The van der Waals surface area contributed by atoms with Crippen LogP contribution in [-0.2, 0) is 9.59 Å². The van der Waals surface area contributed by atoms with E-state index in [9.17, 15) is 9.59 Å². The fraction of sp³-hybridized carbons (Fsp3) is 0.852. The number of hydrogen-bond acceptors (Lipinski definition) is 2. The van der Waals surface area contributed by atoms with Gasteiger partial charge >= 0.3 is 0 Å². The number of nitrogens with two attached hydrogens (primary N) is 1. The fourth-order valence-electron chi connectivity index (χ4n) is 5.66. The molecule has 5 atom stereocenters. The van der Waals surface area contributed by atoms with Crippen molar-refractivity contribution in [2.45, 2.75) is 110 Å². The first-order valence-corrected chi connectivity index (χ1v) is 13.3. The monoisotopic (exact) mass is 432 g/mol. The molecule has 5 unspecified atom stereocenters. The van der Waals surface area contributed by atoms with Crippen LogP contribution in [0, 0.1) is 29.6 Å². The van der Waals surface area contributed by atoms with Crippen LogP contribution in [0.2, 0.25) is 0 Å². The highest BCUT2D eigenvalue weighted by Gasteiger charge is 2.43. The molecule has 3 N–H and O–H groups in total. The second-order valence-electron chi connectivity index (χ2n) is 10.1. The van der Waals surface area contributed by atoms with Gasteiger partial charge in [-0.3, -0.25) is 9.59 Å². The topological polar surface area (TPSA) is 72.2 Å². The minimum Gasteiger partial charge on any atom is -0.369 e. The molecule has 0 heterocycles. The average Bonchev–Trinajstić information content (AvgIpc) is 2.78. The standard InChI is InChI=1S/C27H48N2O2/c1-3-5-15-21(4-2)20-29-27(31)25-23-17-14-12-10-8-6-7-9-11-13-16-22(18-19-23)24(25)26(28)30/h18-19,21-25H,3-17,20H2,1-2H3,(H2,28,30)(H,29,31). The maximum absolute atomic E-state index is 13.4. The van der Waals surface area contributed by atoms with Gasteiger partial charge in [-0.15, -0.1) is 0 Å². The largest absolute Gasteiger partial charge is 0.369 e. The third-order valence-electron chi connectivity index (χ3n) is 7.73. The van der Waals surface area contributed by atoms with Gasteiger partial charge in [0.1, 0.15) is 0 Å². The zero-order valence-electron chi connectivity index (χ0n) is 20.2. The Bertz CT molecular complexity index is 559. The Balaban J connectivity index is 2.13. The summed E-state index contributed by atoms with van der Waals surface area (Å²) in [5.74, 6) is -0.140. The Hall–Kier alpha value is -1.32. The molecule has 1 fully saturated rings. The second-order valence-corrected chi connectivity index (χ2v) is 10.1. The minimum atomic E-state index is -0.365. The summed E-state index contributed by atoms with van der Waals surface area (Å²) in [4.78, 5) is 26.0. The van der Waals surface area contributed by atoms with Gasteiger partial charge in [-0.2, -0.15) is 0 Å². The molecule has 2 bridgehead atoms. The Labute approximate surface area is 191 Å². The normalized spacial score (nSPS) is 29.0. The fourth-order valence-corrected chi connectivity index (χ4v) is 5.66. The third kappa shape index (κ3) is 8.61. The van der Waals surface area contributed by atoms with Gasteiger partial charge in [-0.1, -0.05) is 103 Å². The highest BCUT2D eigenvalue weighted by molar-refractivity contribution is 5.88. The molecule has 2 amide bonds. The Kier molecular flexibility index (Phi) is 12.3. The maximum atomic E-state index is 13.4. The molecule has 31 heavy (non-hydrogen) atoms. The lowest BCUT2D eigenvalue weighted by molar-refractivity contribution is -0.137. The van der Waals surface area contributed by atoms with E-state index in [-0.39, 0.29) is 35.5 Å². The summed E-state index contributed by atoms with van der Waals surface area (Å²) < 4.78 is 0. The molecule has 0 aromatic rings. The molecule has 0 aromatic carbocycles. The highest BCUT2D eigenvalue weighted by Crippen LogP contribution is 2.39. The summed E-state index contributed by atoms with van der Waals surface area (Å²) in [6.45, 7) is 5.13. The number of carbonyl (C=O) groups is 2. The van der Waals surface area contributed by atoms with Crippen LogP contribution in [0.3, 0.4) is 0 Å². The molecule has 3 rings (SSSR count). The first-order chi connectivity index (χ1) is 15.1. The van der Waals surface area contributed by atoms with Gasteiger partial charge < -0.3 is 11.1 Å². The van der Waals surface area contributed by atoms with Gasteiger partial charge in [-0.25, -0.2) is 0 Å². The van der Waals surface area contributed by atoms with Gasteiger partial charge in [0.2, 0.25) is 11.8 Å². The van der Waals surface area contributed by atoms with Gasteiger partial charge in [0, 0.05) is 6.54 Å². The van der Waals surface area contributed by atoms with Crippen molar-refractivity contribution in [3.05, 3.63) is 12.2 Å². The van der Waals surface area contributed by atoms with Crippen molar-refractivity contribution in [3.8, 4) is 0 Å². The molecule has 0 spiro atoms. The van der Waals surface area contributed by atoms with Crippen molar-refractivity contribution in [3.63, 3.8) is 0 Å². The van der Waals surface area contributed by atoms with Gasteiger partial charge in [0.15, 0.2) is 0 Å². The number of carbonyl (C=O) groups excluding carboxylic acids is 2. The molecule has 3 aliphatic carbocycles. The second kappa shape index (κ2) is 14.7. The summed E-state index contributed by atoms with van der Waals surface area (Å²) in [5, 5.41) is 3.25. The zero-order chi connectivity index (χ0) is 22.5. The molecular formula is C27H48N2O2. The number of allylic oxidation sites excluding steroid dienone is 2. The molecule has 1 saturated carbocycles. The average molecular weight is 433 g/mol. The van der Waals surface area contributed by atoms with Crippen LogP contribution in [0.5, 0.6) is 0 Å². The van der Waals surface area contributed by atoms with E-state index < -0.39 is 0 Å². The number of hydrogen-bond donors (Lipinski definition) is 2. The van der Waals surface area contributed by atoms with E-state index in [1.54, 1.807) is 0 Å². The molecule has 0 radical (unpaired) electrons. The predicted molar refractivity (Wildman–Crippen MR) is 129 cm³/mol. The predicted octanol–water partition coefficient (Wildman–Crippen LogP) is 6.14. The van der Waals surface area contributed by atoms with E-state index >= 15 is 0 Å². The van der Waals surface area contributed by atoms with Crippen LogP contribution in [0.1, 0.15) is 110 Å². The van der Waals surface area contributed by atoms with Crippen molar-refractivity contribution in [2.75, 3.05) is 6.54 Å². The number of primary amides is 1. The number of rotatable bonds is 8. The van der Waals surface area contributed by atoms with Crippen molar-refractivity contribution < 1.29 is 9.59 Å². The van der Waals surface area contributed by atoms with Gasteiger partial charge in [0.05, 0.1) is 11.8 Å². The number of nitrogens with one attached hydrogen (secondary N) is 1. The van der Waals surface area contributed by atoms with Crippen LogP contribution >= 0.6 is 0 Å². The van der Waals surface area contributed by atoms with E-state index in [2.05, 4.69) is 31.3 Å². The molecule has 0 aromatic heterocycles. The van der Waals surface area contributed by atoms with E-state index in [1.807, 2.05) is 0 Å². The molecule has 0 saturated heterocycles. The van der Waals surface area contributed by atoms with Gasteiger partial charge in [0.25, 0.3) is 0 Å². The van der Waals surface area contributed by atoms with Crippen LogP contribution in [0.15, 0.2) is 12.2 Å². The van der Waals surface area contributed by atoms with Crippen molar-refractivity contribution in [1.82, 2.24) is 5.32 Å². The van der Waals surface area contributed by atoms with Crippen LogP contribution in [0.4, 0.5) is 0 Å². The van der Waals surface area contributed by atoms with Crippen LogP contribution < -0.4 is 11.1 Å². The summed E-state index contributed by atoms with van der Waals surface area (Å²) in [6.07, 6.45) is 22.3. The van der Waals surface area contributed by atoms with Crippen molar-refractivity contribution >= 4 is 11.8 Å². The summed E-state index contributed by atoms with van der Waals surface area (Å²) in [5.41, 5.74) is 5.94. The number of unbranched alkanes of at least 4 members (excludes halogenated alkanes) is 1. The number of fused-ring (bicyclic) bond motifs is 11. The Morgan fingerprint density at radius 1 is 0.871 bits per heavy atom. The lowest BCUT2D eigenvalue weighted by Gasteiger charge is -2.37. The highest BCUT2D eigenvalue weighted by atomic mass is 16.2. The minimum absolute atomic E-state index is 0.0578. The Morgan fingerprint density at radius 2 is 1.39 bits per heavy atom. The van der Waals surface area contributed by atoms with Crippen LogP contribution in [-0.4, -0.2) is 18.4 Å². The lowest BCUT2D eigenvalue weighted by atomic mass is 9.67. The molecule has 4 heteroatoms. The van der Waals surface area contributed by atoms with Crippen molar-refractivity contribution in [2.24, 2.45) is 35.3 Å². The van der Waals surface area contributed by atoms with E-state index in [4.69, 9.17) is 5.73 Å². The third-order valence-corrected chi connectivity index (χ3v) is 7.73. The zero-order valence-corrected chi connectivity index (χ0v) is 20.2. The van der Waals surface area contributed by atoms with Crippen molar-refractivity contribution in [1.29, 1.82) is 0 Å². The smallest absolute Gasteiger partial charge is 0.224 e. The Morgan fingerprint density at radius 3 is 1.87 bits per heavy atom. The molecule has 178 valence electrons.